The zero-order valence-corrected chi connectivity index (χ0v) is 19.8. The predicted octanol–water partition coefficient (Wildman–Crippen LogP) is 4.98. The van der Waals surface area contributed by atoms with Gasteiger partial charge in [-0.15, -0.1) is 0 Å². The van der Waals surface area contributed by atoms with Crippen LogP contribution in [-0.2, 0) is 6.42 Å². The van der Waals surface area contributed by atoms with Crippen LogP contribution < -0.4 is 16.2 Å². The number of hydrogen-bond acceptors (Lipinski definition) is 3. The van der Waals surface area contributed by atoms with Gasteiger partial charge in [-0.05, 0) is 73.9 Å². The zero-order chi connectivity index (χ0) is 25.5. The van der Waals surface area contributed by atoms with Crippen LogP contribution in [0.25, 0.3) is 5.69 Å². The molecule has 0 aliphatic carbocycles. The Labute approximate surface area is 208 Å². The number of aryl methyl sites for hydroxylation is 1. The van der Waals surface area contributed by atoms with Crippen LogP contribution in [0.5, 0.6) is 0 Å². The lowest BCUT2D eigenvalue weighted by molar-refractivity contribution is 0.0935. The monoisotopic (exact) mass is 483 g/mol. The molecule has 0 bridgehead atoms. The number of carbonyl (C=O) groups excluding carboxylic acids is 2. The molecule has 0 saturated heterocycles. The summed E-state index contributed by atoms with van der Waals surface area (Å²) in [4.78, 5) is 38.2. The molecule has 4 rings (SSSR count). The van der Waals surface area contributed by atoms with Crippen LogP contribution in [0.4, 0.5) is 10.1 Å². The van der Waals surface area contributed by atoms with Gasteiger partial charge >= 0.3 is 0 Å². The number of rotatable bonds is 8. The fraction of sp³-hybridized carbons (Fsp3) is 0.138. The van der Waals surface area contributed by atoms with Gasteiger partial charge in [-0.25, -0.2) is 4.39 Å². The van der Waals surface area contributed by atoms with Gasteiger partial charge in [-0.1, -0.05) is 42.5 Å². The van der Waals surface area contributed by atoms with Gasteiger partial charge in [0.05, 0.1) is 5.56 Å². The molecule has 4 aromatic rings. The van der Waals surface area contributed by atoms with E-state index >= 15 is 0 Å². The molecule has 182 valence electrons. The van der Waals surface area contributed by atoms with E-state index in [4.69, 9.17) is 0 Å². The van der Waals surface area contributed by atoms with Crippen molar-refractivity contribution in [2.75, 3.05) is 5.32 Å². The normalized spacial score (nSPS) is 11.5. The summed E-state index contributed by atoms with van der Waals surface area (Å²) in [6, 6.07) is 25.3. The molecule has 3 aromatic carbocycles. The lowest BCUT2D eigenvalue weighted by Gasteiger charge is -2.15. The van der Waals surface area contributed by atoms with Crippen molar-refractivity contribution in [1.29, 1.82) is 0 Å². The van der Waals surface area contributed by atoms with E-state index < -0.39 is 23.2 Å². The molecule has 0 aliphatic heterocycles. The molecule has 0 unspecified atom stereocenters. The Kier molecular flexibility index (Phi) is 7.70. The van der Waals surface area contributed by atoms with E-state index in [2.05, 4.69) is 10.6 Å². The number of nitrogens with one attached hydrogen (secondary N) is 2. The van der Waals surface area contributed by atoms with E-state index in [9.17, 15) is 18.8 Å². The minimum absolute atomic E-state index is 0.0426. The molecular formula is C29H26FN3O3. The lowest BCUT2D eigenvalue weighted by atomic mass is 10.1. The highest BCUT2D eigenvalue weighted by atomic mass is 19.1. The van der Waals surface area contributed by atoms with Crippen molar-refractivity contribution in [1.82, 2.24) is 9.88 Å². The van der Waals surface area contributed by atoms with Crippen molar-refractivity contribution in [3.63, 3.8) is 0 Å². The molecule has 1 aromatic heterocycles. The summed E-state index contributed by atoms with van der Waals surface area (Å²) in [6.45, 7) is 1.91. The summed E-state index contributed by atoms with van der Waals surface area (Å²) < 4.78 is 15.2. The quantitative estimate of drug-likeness (QED) is 0.371. The van der Waals surface area contributed by atoms with Crippen LogP contribution in [0.3, 0.4) is 0 Å². The van der Waals surface area contributed by atoms with Gasteiger partial charge in [0.1, 0.15) is 11.4 Å². The van der Waals surface area contributed by atoms with Crippen molar-refractivity contribution in [2.45, 2.75) is 25.8 Å². The van der Waals surface area contributed by atoms with Crippen LogP contribution in [-0.4, -0.2) is 22.4 Å². The number of halogens is 1. The first-order valence-corrected chi connectivity index (χ1v) is 11.6. The zero-order valence-electron chi connectivity index (χ0n) is 19.8. The van der Waals surface area contributed by atoms with Gasteiger partial charge in [0.2, 0.25) is 0 Å². The number of anilines is 1. The minimum atomic E-state index is -0.609. The van der Waals surface area contributed by atoms with Crippen molar-refractivity contribution < 1.29 is 14.0 Å². The average Bonchev–Trinajstić information content (AvgIpc) is 2.89. The van der Waals surface area contributed by atoms with E-state index in [1.165, 1.54) is 34.4 Å². The largest absolute Gasteiger partial charge is 0.349 e. The Morgan fingerprint density at radius 3 is 2.22 bits per heavy atom. The van der Waals surface area contributed by atoms with Crippen LogP contribution in [0.2, 0.25) is 0 Å². The second kappa shape index (κ2) is 11.3. The Morgan fingerprint density at radius 2 is 1.50 bits per heavy atom. The number of amides is 2. The van der Waals surface area contributed by atoms with E-state index in [0.29, 0.717) is 11.4 Å². The summed E-state index contributed by atoms with van der Waals surface area (Å²) in [5.41, 5.74) is 1.69. The highest BCUT2D eigenvalue weighted by Crippen LogP contribution is 2.15. The molecular weight excluding hydrogens is 457 g/mol. The van der Waals surface area contributed by atoms with E-state index in [-0.39, 0.29) is 17.2 Å². The summed E-state index contributed by atoms with van der Waals surface area (Å²) in [5.74, 6) is -1.61. The van der Waals surface area contributed by atoms with Crippen LogP contribution in [0.15, 0.2) is 102 Å². The summed E-state index contributed by atoms with van der Waals surface area (Å²) >= 11 is 0. The number of carbonyl (C=O) groups is 2. The molecule has 2 amide bonds. The number of benzene rings is 3. The van der Waals surface area contributed by atoms with Gasteiger partial charge in [0.15, 0.2) is 0 Å². The SMILES string of the molecule is C[C@@H](CCc1ccccc1)NC(=O)c1cccn(-c2ccc(NC(=O)c3ccccc3F)cc2)c1=O. The Balaban J connectivity index is 1.43. The molecule has 1 heterocycles. The average molecular weight is 484 g/mol. The minimum Gasteiger partial charge on any atom is -0.349 e. The number of hydrogen-bond donors (Lipinski definition) is 2. The van der Waals surface area contributed by atoms with Crippen molar-refractivity contribution >= 4 is 17.5 Å². The molecule has 2 N–H and O–H groups in total. The molecule has 6 nitrogen and oxygen atoms in total. The van der Waals surface area contributed by atoms with E-state index in [1.54, 1.807) is 42.6 Å². The maximum Gasteiger partial charge on any atom is 0.267 e. The summed E-state index contributed by atoms with van der Waals surface area (Å²) in [5, 5.41) is 5.54. The first-order chi connectivity index (χ1) is 17.4. The van der Waals surface area contributed by atoms with Crippen molar-refractivity contribution in [3.05, 3.63) is 130 Å². The summed E-state index contributed by atoms with van der Waals surface area (Å²) in [7, 11) is 0. The van der Waals surface area contributed by atoms with Gasteiger partial charge in [-0.2, -0.15) is 0 Å². The van der Waals surface area contributed by atoms with Gasteiger partial charge < -0.3 is 10.6 Å². The third-order valence-corrected chi connectivity index (χ3v) is 5.80. The Bertz CT molecular complexity index is 1420. The highest BCUT2D eigenvalue weighted by Gasteiger charge is 2.16. The van der Waals surface area contributed by atoms with E-state index in [0.717, 1.165) is 12.8 Å². The smallest absolute Gasteiger partial charge is 0.267 e. The second-order valence-corrected chi connectivity index (χ2v) is 8.48. The molecule has 0 saturated carbocycles. The lowest BCUT2D eigenvalue weighted by Crippen LogP contribution is -2.37. The third-order valence-electron chi connectivity index (χ3n) is 5.80. The molecule has 0 aliphatic rings. The maximum atomic E-state index is 13.8. The molecule has 7 heteroatoms. The molecule has 1 atom stereocenters. The van der Waals surface area contributed by atoms with E-state index in [1.807, 2.05) is 37.3 Å². The standard InChI is InChI=1S/C29H26FN3O3/c1-20(13-14-21-8-3-2-4-9-21)31-28(35)25-11-7-19-33(29(25)36)23-17-15-22(16-18-23)32-27(34)24-10-5-6-12-26(24)30/h2-12,15-20H,13-14H2,1H3,(H,31,35)(H,32,34)/t20-/m0/s1. The topological polar surface area (TPSA) is 80.2 Å². The Hall–Kier alpha value is -4.52. The first-order valence-electron chi connectivity index (χ1n) is 11.6. The van der Waals surface area contributed by atoms with Crippen LogP contribution in [0, 0.1) is 5.82 Å². The van der Waals surface area contributed by atoms with Gasteiger partial charge in [-0.3, -0.25) is 19.0 Å². The van der Waals surface area contributed by atoms with Gasteiger partial charge in [0.25, 0.3) is 17.4 Å². The Morgan fingerprint density at radius 1 is 0.833 bits per heavy atom. The maximum absolute atomic E-state index is 13.8. The molecule has 36 heavy (non-hydrogen) atoms. The fourth-order valence-electron chi connectivity index (χ4n) is 3.82. The highest BCUT2D eigenvalue weighted by molar-refractivity contribution is 6.04. The van der Waals surface area contributed by atoms with Crippen molar-refractivity contribution in [2.24, 2.45) is 0 Å². The summed E-state index contributed by atoms with van der Waals surface area (Å²) in [6.07, 6.45) is 3.14. The number of aromatic nitrogens is 1. The predicted molar refractivity (Wildman–Crippen MR) is 138 cm³/mol. The first kappa shape index (κ1) is 24.6. The fourth-order valence-corrected chi connectivity index (χ4v) is 3.82. The second-order valence-electron chi connectivity index (χ2n) is 8.48. The third kappa shape index (κ3) is 5.93. The molecule has 0 spiro atoms. The van der Waals surface area contributed by atoms with Crippen LogP contribution in [0.1, 0.15) is 39.6 Å². The van der Waals surface area contributed by atoms with Crippen molar-refractivity contribution in [3.8, 4) is 5.69 Å². The number of nitrogens with zero attached hydrogens (tertiary/aromatic N) is 1. The number of pyridine rings is 1. The molecule has 0 radical (unpaired) electrons. The van der Waals surface area contributed by atoms with Gasteiger partial charge in [0, 0.05) is 23.6 Å². The molecule has 0 fully saturated rings. The van der Waals surface area contributed by atoms with Crippen LogP contribution >= 0.6 is 0 Å².